The number of carboxylic acids is 1. The number of rotatable bonds is 4. The minimum Gasteiger partial charge on any atom is -0.480 e. The van der Waals surface area contributed by atoms with Gasteiger partial charge in [0.2, 0.25) is 0 Å². The maximum atomic E-state index is 12.1. The highest BCUT2D eigenvalue weighted by Crippen LogP contribution is 2.25. The third-order valence-corrected chi connectivity index (χ3v) is 2.81. The Morgan fingerprint density at radius 1 is 1.71 bits per heavy atom. The zero-order chi connectivity index (χ0) is 13.2. The van der Waals surface area contributed by atoms with Gasteiger partial charge in [-0.1, -0.05) is 0 Å². The minimum absolute atomic E-state index is 0.0477. The molecule has 3 N–H and O–H groups in total. The summed E-state index contributed by atoms with van der Waals surface area (Å²) in [7, 11) is 1.22. The number of carbonyl (C=O) groups is 1. The Morgan fingerprint density at radius 2 is 2.29 bits per heavy atom. The Morgan fingerprint density at radius 3 is 2.76 bits per heavy atom. The first-order chi connectivity index (χ1) is 7.70. The standard InChI is InChI=1S/C8H10F3N3O2S/c1-14(3-8(9,10)11)7-13-4(2-17-7)5(12)6(15)16/h2,5H,3,12H2,1H3,(H,15,16). The fourth-order valence-corrected chi connectivity index (χ4v) is 1.89. The van der Waals surface area contributed by atoms with Gasteiger partial charge in [0.1, 0.15) is 12.6 Å². The van der Waals surface area contributed by atoms with Crippen molar-refractivity contribution in [2.75, 3.05) is 18.5 Å². The Hall–Kier alpha value is -1.35. The Balaban J connectivity index is 2.77. The van der Waals surface area contributed by atoms with Crippen LogP contribution in [-0.4, -0.2) is 35.8 Å². The molecule has 0 bridgehead atoms. The summed E-state index contributed by atoms with van der Waals surface area (Å²) in [6.07, 6.45) is -4.34. The second kappa shape index (κ2) is 4.88. The Bertz CT molecular complexity index is 407. The molecule has 1 heterocycles. The highest BCUT2D eigenvalue weighted by Gasteiger charge is 2.30. The number of alkyl halides is 3. The van der Waals surface area contributed by atoms with Gasteiger partial charge in [-0.2, -0.15) is 13.2 Å². The summed E-state index contributed by atoms with van der Waals surface area (Å²) in [5.74, 6) is -1.28. The number of carboxylic acid groups (broad SMARTS) is 1. The number of hydrogen-bond donors (Lipinski definition) is 2. The monoisotopic (exact) mass is 269 g/mol. The number of aliphatic carboxylic acids is 1. The molecule has 1 rings (SSSR count). The zero-order valence-corrected chi connectivity index (χ0v) is 9.55. The predicted octanol–water partition coefficient (Wildman–Crippen LogP) is 1.23. The van der Waals surface area contributed by atoms with Crippen LogP contribution in [0.15, 0.2) is 5.38 Å². The molecular formula is C8H10F3N3O2S. The van der Waals surface area contributed by atoms with Gasteiger partial charge in [-0.25, -0.2) is 4.98 Å². The third-order valence-electron chi connectivity index (χ3n) is 1.84. The van der Waals surface area contributed by atoms with Gasteiger partial charge in [0.15, 0.2) is 5.13 Å². The topological polar surface area (TPSA) is 79.5 Å². The maximum Gasteiger partial charge on any atom is 0.405 e. The van der Waals surface area contributed by atoms with Gasteiger partial charge >= 0.3 is 12.1 Å². The van der Waals surface area contributed by atoms with E-state index in [1.165, 1.54) is 12.4 Å². The Kier molecular flexibility index (Phi) is 3.94. The van der Waals surface area contributed by atoms with Gasteiger partial charge in [0, 0.05) is 12.4 Å². The van der Waals surface area contributed by atoms with Crippen molar-refractivity contribution in [3.63, 3.8) is 0 Å². The molecule has 0 saturated heterocycles. The molecule has 1 aromatic rings. The first-order valence-electron chi connectivity index (χ1n) is 4.42. The van der Waals surface area contributed by atoms with Crippen LogP contribution in [0.2, 0.25) is 0 Å². The fourth-order valence-electron chi connectivity index (χ4n) is 1.06. The number of hydrogen-bond acceptors (Lipinski definition) is 5. The molecule has 0 aliphatic heterocycles. The van der Waals surface area contributed by atoms with Crippen LogP contribution in [0.1, 0.15) is 11.7 Å². The molecule has 1 atom stereocenters. The van der Waals surface area contributed by atoms with E-state index in [1.807, 2.05) is 0 Å². The number of nitrogens with two attached hydrogens (primary N) is 1. The van der Waals surface area contributed by atoms with Crippen LogP contribution in [0, 0.1) is 0 Å². The van der Waals surface area contributed by atoms with Crippen molar-refractivity contribution >= 4 is 22.4 Å². The van der Waals surface area contributed by atoms with Crippen molar-refractivity contribution in [2.45, 2.75) is 12.2 Å². The van der Waals surface area contributed by atoms with Gasteiger partial charge < -0.3 is 15.7 Å². The molecule has 1 unspecified atom stereocenters. The summed E-state index contributed by atoms with van der Waals surface area (Å²) in [4.78, 5) is 15.2. The molecule has 1 aromatic heterocycles. The van der Waals surface area contributed by atoms with Crippen LogP contribution < -0.4 is 10.6 Å². The van der Waals surface area contributed by atoms with Gasteiger partial charge in [-0.05, 0) is 0 Å². The van der Waals surface area contributed by atoms with Crippen LogP contribution >= 0.6 is 11.3 Å². The minimum atomic E-state index is -4.34. The van der Waals surface area contributed by atoms with Crippen LogP contribution in [0.25, 0.3) is 0 Å². The van der Waals surface area contributed by atoms with E-state index >= 15 is 0 Å². The number of anilines is 1. The van der Waals surface area contributed by atoms with E-state index in [0.717, 1.165) is 16.2 Å². The SMILES string of the molecule is CN(CC(F)(F)F)c1nc(C(N)C(=O)O)cs1. The van der Waals surface area contributed by atoms with Gasteiger partial charge in [-0.15, -0.1) is 11.3 Å². The van der Waals surface area contributed by atoms with E-state index in [0.29, 0.717) is 0 Å². The van der Waals surface area contributed by atoms with Crippen molar-refractivity contribution in [3.8, 4) is 0 Å². The lowest BCUT2D eigenvalue weighted by Gasteiger charge is -2.17. The van der Waals surface area contributed by atoms with Crippen molar-refractivity contribution in [2.24, 2.45) is 5.73 Å². The van der Waals surface area contributed by atoms with E-state index in [9.17, 15) is 18.0 Å². The van der Waals surface area contributed by atoms with Crippen LogP contribution in [-0.2, 0) is 4.79 Å². The fraction of sp³-hybridized carbons (Fsp3) is 0.500. The normalized spacial score (nSPS) is 13.5. The van der Waals surface area contributed by atoms with E-state index in [-0.39, 0.29) is 10.8 Å². The van der Waals surface area contributed by atoms with E-state index in [4.69, 9.17) is 10.8 Å². The lowest BCUT2D eigenvalue weighted by atomic mass is 10.2. The molecule has 0 fully saturated rings. The first kappa shape index (κ1) is 13.7. The van der Waals surface area contributed by atoms with Gasteiger partial charge in [0.25, 0.3) is 0 Å². The van der Waals surface area contributed by atoms with E-state index in [2.05, 4.69) is 4.98 Å². The molecule has 5 nitrogen and oxygen atoms in total. The van der Waals surface area contributed by atoms with Crippen LogP contribution in [0.4, 0.5) is 18.3 Å². The molecule has 96 valence electrons. The van der Waals surface area contributed by atoms with Crippen LogP contribution in [0.5, 0.6) is 0 Å². The van der Waals surface area contributed by atoms with E-state index < -0.39 is 24.7 Å². The molecule has 0 spiro atoms. The Labute approximate surface area is 98.7 Å². The summed E-state index contributed by atoms with van der Waals surface area (Å²) < 4.78 is 36.3. The number of aromatic nitrogens is 1. The van der Waals surface area contributed by atoms with Crippen molar-refractivity contribution in [3.05, 3.63) is 11.1 Å². The summed E-state index contributed by atoms with van der Waals surface area (Å²) in [5, 5.41) is 10.0. The number of nitrogens with zero attached hydrogens (tertiary/aromatic N) is 2. The quantitative estimate of drug-likeness (QED) is 0.859. The van der Waals surface area contributed by atoms with Crippen molar-refractivity contribution < 1.29 is 23.1 Å². The van der Waals surface area contributed by atoms with Gasteiger partial charge in [0.05, 0.1) is 5.69 Å². The average molecular weight is 269 g/mol. The first-order valence-corrected chi connectivity index (χ1v) is 5.30. The second-order valence-electron chi connectivity index (χ2n) is 3.34. The molecule has 9 heteroatoms. The zero-order valence-electron chi connectivity index (χ0n) is 8.73. The summed E-state index contributed by atoms with van der Waals surface area (Å²) >= 11 is 0.916. The maximum absolute atomic E-state index is 12.1. The lowest BCUT2D eigenvalue weighted by molar-refractivity contribution is -0.138. The number of thiazole rings is 1. The predicted molar refractivity (Wildman–Crippen MR) is 56.0 cm³/mol. The van der Waals surface area contributed by atoms with Gasteiger partial charge in [-0.3, -0.25) is 4.79 Å². The molecule has 17 heavy (non-hydrogen) atoms. The highest BCUT2D eigenvalue weighted by molar-refractivity contribution is 7.13. The summed E-state index contributed by atoms with van der Waals surface area (Å²) in [6.45, 7) is -1.15. The number of halogens is 3. The van der Waals surface area contributed by atoms with Crippen molar-refractivity contribution in [1.29, 1.82) is 0 Å². The average Bonchev–Trinajstić information content (AvgIpc) is 2.62. The molecule has 0 aliphatic rings. The summed E-state index contributed by atoms with van der Waals surface area (Å²) in [5.41, 5.74) is 5.33. The molecular weight excluding hydrogens is 259 g/mol. The molecule has 0 aromatic carbocycles. The van der Waals surface area contributed by atoms with Crippen LogP contribution in [0.3, 0.4) is 0 Å². The molecule has 0 aliphatic carbocycles. The largest absolute Gasteiger partial charge is 0.480 e. The highest BCUT2D eigenvalue weighted by atomic mass is 32.1. The summed E-state index contributed by atoms with van der Waals surface area (Å²) in [6, 6.07) is -1.32. The molecule has 0 saturated carbocycles. The van der Waals surface area contributed by atoms with E-state index in [1.54, 1.807) is 0 Å². The smallest absolute Gasteiger partial charge is 0.405 e. The molecule has 0 amide bonds. The lowest BCUT2D eigenvalue weighted by Crippen LogP contribution is -2.31. The van der Waals surface area contributed by atoms with Crippen molar-refractivity contribution in [1.82, 2.24) is 4.98 Å². The third kappa shape index (κ3) is 3.86. The second-order valence-corrected chi connectivity index (χ2v) is 4.18. The molecule has 0 radical (unpaired) electrons.